The van der Waals surface area contributed by atoms with Crippen LogP contribution in [0, 0.1) is 6.92 Å². The van der Waals surface area contributed by atoms with E-state index in [2.05, 4.69) is 25.1 Å². The van der Waals surface area contributed by atoms with Crippen molar-refractivity contribution in [1.29, 1.82) is 0 Å². The van der Waals surface area contributed by atoms with Crippen LogP contribution < -0.4 is 9.80 Å². The third kappa shape index (κ3) is 3.92. The summed E-state index contributed by atoms with van der Waals surface area (Å²) in [7, 11) is 5.76. The molecule has 3 atom stereocenters. The molecule has 0 aliphatic carbocycles. The van der Waals surface area contributed by atoms with Crippen LogP contribution in [0.15, 0.2) is 16.7 Å². The molecule has 1 saturated heterocycles. The van der Waals surface area contributed by atoms with Gasteiger partial charge < -0.3 is 14.2 Å². The zero-order chi connectivity index (χ0) is 18.8. The Labute approximate surface area is 153 Å². The number of hydrogen-bond donors (Lipinski definition) is 0. The van der Waals surface area contributed by atoms with Gasteiger partial charge in [-0.05, 0) is 20.0 Å². The number of anilines is 2. The van der Waals surface area contributed by atoms with E-state index in [-0.39, 0.29) is 12.1 Å². The van der Waals surface area contributed by atoms with Crippen molar-refractivity contribution in [2.75, 3.05) is 44.0 Å². The van der Waals surface area contributed by atoms with E-state index in [0.29, 0.717) is 37.2 Å². The smallest absolute Gasteiger partial charge is 0.233 e. The van der Waals surface area contributed by atoms with Gasteiger partial charge in [0.05, 0.1) is 12.6 Å². The fourth-order valence-electron chi connectivity index (χ4n) is 3.19. The number of aromatic nitrogens is 4. The zero-order valence-electron chi connectivity index (χ0n) is 15.9. The van der Waals surface area contributed by atoms with Crippen LogP contribution in [0.25, 0.3) is 0 Å². The molecule has 26 heavy (non-hydrogen) atoms. The second kappa shape index (κ2) is 7.53. The minimum atomic E-state index is -0.868. The van der Waals surface area contributed by atoms with E-state index in [9.17, 15) is 4.39 Å². The second-order valence-corrected chi connectivity index (χ2v) is 7.02. The van der Waals surface area contributed by atoms with Crippen LogP contribution in [0.3, 0.4) is 0 Å². The van der Waals surface area contributed by atoms with E-state index in [1.807, 2.05) is 43.9 Å². The maximum absolute atomic E-state index is 14.2. The summed E-state index contributed by atoms with van der Waals surface area (Å²) < 4.78 is 19.7. The minimum absolute atomic E-state index is 0.0198. The lowest BCUT2D eigenvalue weighted by molar-refractivity contribution is 0.207. The highest BCUT2D eigenvalue weighted by Crippen LogP contribution is 2.28. The summed E-state index contributed by atoms with van der Waals surface area (Å²) in [5, 5.41) is 7.98. The van der Waals surface area contributed by atoms with Crippen molar-refractivity contribution in [3.8, 4) is 0 Å². The van der Waals surface area contributed by atoms with Gasteiger partial charge in [-0.1, -0.05) is 0 Å². The Hall–Kier alpha value is -2.29. The van der Waals surface area contributed by atoms with Gasteiger partial charge in [-0.15, -0.1) is 10.2 Å². The maximum Gasteiger partial charge on any atom is 0.233 e. The van der Waals surface area contributed by atoms with E-state index in [0.717, 1.165) is 5.82 Å². The molecule has 2 aromatic rings. The summed E-state index contributed by atoms with van der Waals surface area (Å²) in [4.78, 5) is 14.8. The predicted molar refractivity (Wildman–Crippen MR) is 97.1 cm³/mol. The molecule has 9 heteroatoms. The topological polar surface area (TPSA) is 74.4 Å². The lowest BCUT2D eigenvalue weighted by atomic mass is 10.1. The highest BCUT2D eigenvalue weighted by atomic mass is 19.1. The highest BCUT2D eigenvalue weighted by Gasteiger charge is 2.35. The zero-order valence-corrected chi connectivity index (χ0v) is 15.9. The Kier molecular flexibility index (Phi) is 5.36. The molecule has 1 aliphatic heterocycles. The number of hydrogen-bond acceptors (Lipinski definition) is 8. The third-order valence-corrected chi connectivity index (χ3v) is 4.74. The van der Waals surface area contributed by atoms with Crippen molar-refractivity contribution in [1.82, 2.24) is 25.1 Å². The van der Waals surface area contributed by atoms with Gasteiger partial charge in [0.25, 0.3) is 0 Å². The van der Waals surface area contributed by atoms with Crippen molar-refractivity contribution in [3.05, 3.63) is 24.0 Å². The number of aryl methyl sites for hydroxylation is 1. The van der Waals surface area contributed by atoms with Crippen LogP contribution >= 0.6 is 0 Å². The van der Waals surface area contributed by atoms with Crippen LogP contribution in [0.4, 0.5) is 16.2 Å². The molecule has 0 amide bonds. The molecule has 0 spiro atoms. The molecule has 0 aromatic carbocycles. The normalized spacial score (nSPS) is 21.4. The van der Waals surface area contributed by atoms with Gasteiger partial charge in [-0.2, -0.15) is 4.98 Å². The highest BCUT2D eigenvalue weighted by molar-refractivity contribution is 5.45. The minimum Gasteiger partial charge on any atom is -0.424 e. The Bertz CT molecular complexity index is 737. The van der Waals surface area contributed by atoms with Crippen molar-refractivity contribution in [2.24, 2.45) is 0 Å². The fraction of sp³-hybridized carbons (Fsp3) is 0.647. The molecular formula is C17H26FN7O. The lowest BCUT2D eigenvalue weighted by Gasteiger charge is -2.31. The molecule has 142 valence electrons. The molecule has 3 rings (SSSR count). The number of likely N-dealkylation sites (N-methyl/N-ethyl adjacent to an activating group) is 1. The van der Waals surface area contributed by atoms with Crippen LogP contribution in [0.1, 0.15) is 31.2 Å². The molecule has 0 bridgehead atoms. The fourth-order valence-corrected chi connectivity index (χ4v) is 3.19. The first-order chi connectivity index (χ1) is 12.3. The van der Waals surface area contributed by atoms with E-state index in [1.165, 1.54) is 0 Å². The monoisotopic (exact) mass is 363 g/mol. The van der Waals surface area contributed by atoms with Gasteiger partial charge in [0.15, 0.2) is 0 Å². The van der Waals surface area contributed by atoms with Crippen LogP contribution in [-0.2, 0) is 0 Å². The van der Waals surface area contributed by atoms with Crippen molar-refractivity contribution in [3.63, 3.8) is 0 Å². The Morgan fingerprint density at radius 3 is 2.77 bits per heavy atom. The third-order valence-electron chi connectivity index (χ3n) is 4.74. The quantitative estimate of drug-likeness (QED) is 0.770. The largest absolute Gasteiger partial charge is 0.424 e. The van der Waals surface area contributed by atoms with Crippen molar-refractivity contribution >= 4 is 11.8 Å². The van der Waals surface area contributed by atoms with E-state index >= 15 is 0 Å². The summed E-state index contributed by atoms with van der Waals surface area (Å²) in [6, 6.07) is 1.81. The average Bonchev–Trinajstić information content (AvgIpc) is 3.20. The van der Waals surface area contributed by atoms with E-state index in [4.69, 9.17) is 4.42 Å². The number of alkyl halides is 1. The molecule has 1 aliphatic rings. The van der Waals surface area contributed by atoms with Gasteiger partial charge in [0.2, 0.25) is 17.7 Å². The first-order valence-electron chi connectivity index (χ1n) is 8.76. The summed E-state index contributed by atoms with van der Waals surface area (Å²) in [5.41, 5.74) is 0. The second-order valence-electron chi connectivity index (χ2n) is 7.02. The van der Waals surface area contributed by atoms with E-state index < -0.39 is 6.17 Å². The summed E-state index contributed by atoms with van der Waals surface area (Å²) >= 11 is 0. The van der Waals surface area contributed by atoms with Gasteiger partial charge in [-0.3, -0.25) is 4.90 Å². The lowest BCUT2D eigenvalue weighted by Crippen LogP contribution is -2.40. The first kappa shape index (κ1) is 18.5. The number of nitrogens with zero attached hydrogens (tertiary/aromatic N) is 7. The molecule has 1 fully saturated rings. The number of halogens is 1. The Balaban J connectivity index is 1.74. The summed E-state index contributed by atoms with van der Waals surface area (Å²) in [6.07, 6.45) is 1.32. The van der Waals surface area contributed by atoms with E-state index in [1.54, 1.807) is 13.1 Å². The van der Waals surface area contributed by atoms with Crippen LogP contribution in [-0.4, -0.2) is 71.5 Å². The number of rotatable bonds is 6. The Morgan fingerprint density at radius 2 is 2.12 bits per heavy atom. The molecule has 3 heterocycles. The average molecular weight is 363 g/mol. The van der Waals surface area contributed by atoms with Crippen LogP contribution in [0.2, 0.25) is 0 Å². The summed E-state index contributed by atoms with van der Waals surface area (Å²) in [6.45, 7) is 4.79. The Morgan fingerprint density at radius 1 is 1.35 bits per heavy atom. The van der Waals surface area contributed by atoms with Crippen molar-refractivity contribution in [2.45, 2.75) is 38.5 Å². The molecule has 8 nitrogen and oxygen atoms in total. The summed E-state index contributed by atoms with van der Waals surface area (Å²) in [5.74, 6) is 2.49. The SMILES string of the molecule is Cc1nnc(C(C)N(C)C[C@@H]2C[C@H](F)CN2c2ccnc(N(C)C)n2)o1. The molecule has 0 radical (unpaired) electrons. The van der Waals surface area contributed by atoms with Crippen LogP contribution in [0.5, 0.6) is 0 Å². The molecule has 0 N–H and O–H groups in total. The first-order valence-corrected chi connectivity index (χ1v) is 8.76. The van der Waals surface area contributed by atoms with Gasteiger partial charge in [0.1, 0.15) is 12.0 Å². The van der Waals surface area contributed by atoms with Gasteiger partial charge in [-0.25, -0.2) is 9.37 Å². The standard InChI is InChI=1S/C17H26FN7O/c1-11(16-22-21-12(2)26-16)24(5)10-14-8-13(18)9-25(14)15-6-7-19-17(20-15)23(3)4/h6-7,11,13-14H,8-10H2,1-5H3/t11?,13-,14-/m0/s1. The van der Waals surface area contributed by atoms with Gasteiger partial charge >= 0.3 is 0 Å². The molecule has 0 saturated carbocycles. The molecule has 1 unspecified atom stereocenters. The van der Waals surface area contributed by atoms with Crippen molar-refractivity contribution < 1.29 is 8.81 Å². The maximum atomic E-state index is 14.2. The molecular weight excluding hydrogens is 337 g/mol. The predicted octanol–water partition coefficient (Wildman–Crippen LogP) is 1.84. The molecule has 2 aromatic heterocycles. The van der Waals surface area contributed by atoms with Gasteiger partial charge in [0, 0.05) is 46.2 Å².